The lowest BCUT2D eigenvalue weighted by Gasteiger charge is -2.18. The highest BCUT2D eigenvalue weighted by Gasteiger charge is 2.20. The fourth-order valence-electron chi connectivity index (χ4n) is 3.07. The second-order valence-electron chi connectivity index (χ2n) is 6.23. The molecule has 2 aromatic carbocycles. The normalized spacial score (nSPS) is 12.6. The van der Waals surface area contributed by atoms with Gasteiger partial charge in [0.05, 0.1) is 11.9 Å². The zero-order chi connectivity index (χ0) is 18.6. The van der Waals surface area contributed by atoms with E-state index in [9.17, 15) is 4.79 Å². The molecule has 2 heterocycles. The van der Waals surface area contributed by atoms with Crippen molar-refractivity contribution in [3.63, 3.8) is 0 Å². The number of ether oxygens (including phenoxy) is 1. The number of benzene rings is 2. The summed E-state index contributed by atoms with van der Waals surface area (Å²) < 4.78 is 5.44. The molecule has 0 saturated carbocycles. The Hall–Kier alpha value is -3.05. The van der Waals surface area contributed by atoms with Crippen LogP contribution in [0, 0.1) is 0 Å². The first kappa shape index (κ1) is 17.4. The van der Waals surface area contributed by atoms with E-state index in [-0.39, 0.29) is 12.5 Å². The second-order valence-corrected chi connectivity index (χ2v) is 6.66. The summed E-state index contributed by atoms with van der Waals surface area (Å²) in [5.74, 6) is 1.22. The van der Waals surface area contributed by atoms with E-state index in [0.717, 1.165) is 18.8 Å². The van der Waals surface area contributed by atoms with Crippen LogP contribution >= 0.6 is 11.6 Å². The quantitative estimate of drug-likeness (QED) is 0.711. The first-order valence-electron chi connectivity index (χ1n) is 8.69. The van der Waals surface area contributed by atoms with E-state index in [0.29, 0.717) is 16.5 Å². The van der Waals surface area contributed by atoms with Gasteiger partial charge in [-0.2, -0.15) is 0 Å². The van der Waals surface area contributed by atoms with Crippen molar-refractivity contribution >= 4 is 34.7 Å². The van der Waals surface area contributed by atoms with Crippen molar-refractivity contribution in [3.8, 4) is 5.75 Å². The third kappa shape index (κ3) is 4.04. The molecule has 4 rings (SSSR count). The number of carbonyl (C=O) groups is 1. The summed E-state index contributed by atoms with van der Waals surface area (Å²) in [5.41, 5.74) is 3.16. The van der Waals surface area contributed by atoms with Crippen LogP contribution in [0.15, 0.2) is 66.9 Å². The van der Waals surface area contributed by atoms with Gasteiger partial charge in [-0.1, -0.05) is 29.8 Å². The first-order valence-corrected chi connectivity index (χ1v) is 9.06. The van der Waals surface area contributed by atoms with Gasteiger partial charge in [0.15, 0.2) is 6.61 Å². The van der Waals surface area contributed by atoms with E-state index in [1.165, 1.54) is 11.3 Å². The largest absolute Gasteiger partial charge is 0.484 e. The highest BCUT2D eigenvalue weighted by atomic mass is 35.5. The van der Waals surface area contributed by atoms with Crippen LogP contribution in [0.25, 0.3) is 0 Å². The molecule has 0 bridgehead atoms. The van der Waals surface area contributed by atoms with E-state index < -0.39 is 0 Å². The molecule has 0 unspecified atom stereocenters. The van der Waals surface area contributed by atoms with Gasteiger partial charge in [-0.15, -0.1) is 0 Å². The molecule has 27 heavy (non-hydrogen) atoms. The Kier molecular flexibility index (Phi) is 4.94. The van der Waals surface area contributed by atoms with Gasteiger partial charge < -0.3 is 15.0 Å². The zero-order valence-corrected chi connectivity index (χ0v) is 15.3. The molecule has 136 valence electrons. The summed E-state index contributed by atoms with van der Waals surface area (Å²) in [4.78, 5) is 18.7. The highest BCUT2D eigenvalue weighted by Crippen LogP contribution is 2.33. The number of para-hydroxylation sites is 1. The monoisotopic (exact) mass is 379 g/mol. The van der Waals surface area contributed by atoms with Gasteiger partial charge >= 0.3 is 0 Å². The lowest BCUT2D eigenvalue weighted by Crippen LogP contribution is -2.20. The van der Waals surface area contributed by atoms with Crippen LogP contribution < -0.4 is 15.0 Å². The number of aromatic nitrogens is 1. The number of hydrogen-bond acceptors (Lipinski definition) is 4. The summed E-state index contributed by atoms with van der Waals surface area (Å²) >= 11 is 5.82. The van der Waals surface area contributed by atoms with Gasteiger partial charge in [0, 0.05) is 17.3 Å². The average Bonchev–Trinajstić information content (AvgIpc) is 3.12. The fourth-order valence-corrected chi connectivity index (χ4v) is 3.20. The Morgan fingerprint density at radius 3 is 2.70 bits per heavy atom. The molecule has 0 aliphatic carbocycles. The predicted octanol–water partition coefficient (Wildman–Crippen LogP) is 4.45. The van der Waals surface area contributed by atoms with Gasteiger partial charge in [0.2, 0.25) is 0 Å². The highest BCUT2D eigenvalue weighted by molar-refractivity contribution is 6.30. The number of nitrogens with zero attached hydrogens (tertiary/aromatic N) is 2. The molecule has 0 atom stereocenters. The smallest absolute Gasteiger partial charge is 0.262 e. The zero-order valence-electron chi connectivity index (χ0n) is 14.6. The Bertz CT molecular complexity index is 942. The summed E-state index contributed by atoms with van der Waals surface area (Å²) in [6, 6.07) is 19.0. The fraction of sp³-hybridized carbons (Fsp3) is 0.143. The summed E-state index contributed by atoms with van der Waals surface area (Å²) in [5, 5.41) is 3.41. The van der Waals surface area contributed by atoms with Gasteiger partial charge in [0.1, 0.15) is 11.6 Å². The Labute approximate surface area is 162 Å². The lowest BCUT2D eigenvalue weighted by atomic mass is 10.2. The molecular weight excluding hydrogens is 362 g/mol. The molecule has 0 fully saturated rings. The van der Waals surface area contributed by atoms with Crippen LogP contribution in [0.4, 0.5) is 17.2 Å². The lowest BCUT2D eigenvalue weighted by molar-refractivity contribution is -0.118. The van der Waals surface area contributed by atoms with Crippen molar-refractivity contribution in [2.75, 3.05) is 23.4 Å². The molecule has 1 aromatic heterocycles. The summed E-state index contributed by atoms with van der Waals surface area (Å²) in [6.45, 7) is 0.829. The van der Waals surface area contributed by atoms with Crippen molar-refractivity contribution in [3.05, 3.63) is 77.4 Å². The minimum Gasteiger partial charge on any atom is -0.484 e. The molecule has 5 nitrogen and oxygen atoms in total. The van der Waals surface area contributed by atoms with Crippen LogP contribution in [-0.4, -0.2) is 24.0 Å². The van der Waals surface area contributed by atoms with Crippen molar-refractivity contribution in [1.82, 2.24) is 4.98 Å². The van der Waals surface area contributed by atoms with E-state index in [4.69, 9.17) is 16.3 Å². The Balaban J connectivity index is 1.35. The standard InChI is InChI=1S/C21H18ClN3O2/c22-16-5-8-18(9-6-16)27-14-21(26)24-17-7-10-20(23-13-17)25-12-11-15-3-1-2-4-19(15)25/h1-10,13H,11-12,14H2,(H,24,26). The van der Waals surface area contributed by atoms with Crippen molar-refractivity contribution in [2.24, 2.45) is 0 Å². The summed E-state index contributed by atoms with van der Waals surface area (Å²) in [6.07, 6.45) is 2.68. The molecule has 3 aromatic rings. The molecule has 1 aliphatic heterocycles. The molecular formula is C21H18ClN3O2. The number of carbonyl (C=O) groups excluding carboxylic acids is 1. The topological polar surface area (TPSA) is 54.5 Å². The van der Waals surface area contributed by atoms with Crippen molar-refractivity contribution in [2.45, 2.75) is 6.42 Å². The number of nitrogens with one attached hydrogen (secondary N) is 1. The second kappa shape index (κ2) is 7.68. The molecule has 0 spiro atoms. The van der Waals surface area contributed by atoms with E-state index in [1.807, 2.05) is 18.2 Å². The van der Waals surface area contributed by atoms with Gasteiger partial charge in [0.25, 0.3) is 5.91 Å². The van der Waals surface area contributed by atoms with Crippen LogP contribution in [0.2, 0.25) is 5.02 Å². The van der Waals surface area contributed by atoms with E-state index in [1.54, 1.807) is 30.5 Å². The number of hydrogen-bond donors (Lipinski definition) is 1. The van der Waals surface area contributed by atoms with E-state index >= 15 is 0 Å². The minimum absolute atomic E-state index is 0.0805. The SMILES string of the molecule is O=C(COc1ccc(Cl)cc1)Nc1ccc(N2CCc3ccccc32)nc1. The number of rotatable bonds is 5. The Morgan fingerprint density at radius 1 is 1.11 bits per heavy atom. The van der Waals surface area contributed by atoms with Crippen LogP contribution in [0.5, 0.6) is 5.75 Å². The average molecular weight is 380 g/mol. The maximum Gasteiger partial charge on any atom is 0.262 e. The first-order chi connectivity index (χ1) is 13.2. The number of fused-ring (bicyclic) bond motifs is 1. The predicted molar refractivity (Wildman–Crippen MR) is 107 cm³/mol. The maximum absolute atomic E-state index is 12.1. The molecule has 1 N–H and O–H groups in total. The van der Waals surface area contributed by atoms with Crippen molar-refractivity contribution in [1.29, 1.82) is 0 Å². The van der Waals surface area contributed by atoms with Gasteiger partial charge in [-0.05, 0) is 54.4 Å². The maximum atomic E-state index is 12.1. The number of anilines is 3. The molecule has 1 aliphatic rings. The molecule has 0 saturated heterocycles. The Morgan fingerprint density at radius 2 is 1.93 bits per heavy atom. The molecule has 1 amide bonds. The van der Waals surface area contributed by atoms with E-state index in [2.05, 4.69) is 33.4 Å². The van der Waals surface area contributed by atoms with Crippen molar-refractivity contribution < 1.29 is 9.53 Å². The van der Waals surface area contributed by atoms with Crippen LogP contribution in [0.3, 0.4) is 0 Å². The number of amides is 1. The van der Waals surface area contributed by atoms with Gasteiger partial charge in [-0.3, -0.25) is 4.79 Å². The molecule has 0 radical (unpaired) electrons. The third-order valence-electron chi connectivity index (χ3n) is 4.38. The number of halogens is 1. The van der Waals surface area contributed by atoms with Gasteiger partial charge in [-0.25, -0.2) is 4.98 Å². The van der Waals surface area contributed by atoms with Crippen LogP contribution in [-0.2, 0) is 11.2 Å². The molecule has 6 heteroatoms. The third-order valence-corrected chi connectivity index (χ3v) is 4.63. The number of pyridine rings is 1. The minimum atomic E-state index is -0.244. The summed E-state index contributed by atoms with van der Waals surface area (Å²) in [7, 11) is 0. The van der Waals surface area contributed by atoms with Crippen LogP contribution in [0.1, 0.15) is 5.56 Å².